The van der Waals surface area contributed by atoms with Crippen molar-refractivity contribution in [1.82, 2.24) is 25.6 Å². The molecule has 3 aliphatic heterocycles. The van der Waals surface area contributed by atoms with Crippen LogP contribution in [0.2, 0.25) is 0 Å². The van der Waals surface area contributed by atoms with Gasteiger partial charge in [-0.25, -0.2) is 12.9 Å². The topological polar surface area (TPSA) is 76.7 Å². The van der Waals surface area contributed by atoms with Gasteiger partial charge in [0.1, 0.15) is 22.5 Å². The maximum absolute atomic E-state index is 13.1. The van der Waals surface area contributed by atoms with Crippen molar-refractivity contribution in [2.75, 3.05) is 13.1 Å². The second-order valence-electron chi connectivity index (χ2n) is 6.11. The first-order valence-corrected chi connectivity index (χ1v) is 8.96. The molecule has 2 fully saturated rings. The highest BCUT2D eigenvalue weighted by molar-refractivity contribution is 7.82. The number of hydrazine groups is 2. The molecule has 9 heteroatoms. The lowest BCUT2D eigenvalue weighted by Crippen LogP contribution is -2.56. The summed E-state index contributed by atoms with van der Waals surface area (Å²) in [6.07, 6.45) is 3.40. The van der Waals surface area contributed by atoms with Crippen LogP contribution < -0.4 is 16.4 Å². The normalized spacial score (nSPS) is 27.4. The van der Waals surface area contributed by atoms with E-state index >= 15 is 0 Å². The van der Waals surface area contributed by atoms with Crippen LogP contribution in [0.4, 0.5) is 4.39 Å². The minimum absolute atomic E-state index is 0.0570. The van der Waals surface area contributed by atoms with Gasteiger partial charge in [0.2, 0.25) is 0 Å². The standard InChI is InChI=1S/C15H18FN5O2S/c16-10-1-5-13(6-2-10)24(23)21-11-3-4-12(21)9-20(8-11)15(22)14-7-17-19-18-14/h1-2,5-7,11-12,17-19H,3-4,8-9H2. The Morgan fingerprint density at radius 3 is 2.42 bits per heavy atom. The number of hydrogen-bond acceptors (Lipinski definition) is 5. The fraction of sp³-hybridized carbons (Fsp3) is 0.400. The Morgan fingerprint density at radius 1 is 1.17 bits per heavy atom. The molecule has 3 atom stereocenters. The molecule has 0 spiro atoms. The summed E-state index contributed by atoms with van der Waals surface area (Å²) < 4.78 is 27.9. The second-order valence-corrected chi connectivity index (χ2v) is 7.50. The number of hydrogen-bond donors (Lipinski definition) is 3. The highest BCUT2D eigenvalue weighted by Gasteiger charge is 2.45. The fourth-order valence-corrected chi connectivity index (χ4v) is 5.00. The number of carbonyl (C=O) groups excluding carboxylic acids is 1. The van der Waals surface area contributed by atoms with Crippen molar-refractivity contribution < 1.29 is 13.4 Å². The third-order valence-corrected chi connectivity index (χ3v) is 6.28. The van der Waals surface area contributed by atoms with Crippen molar-refractivity contribution in [2.24, 2.45) is 0 Å². The number of piperazine rings is 1. The molecule has 7 nitrogen and oxygen atoms in total. The van der Waals surface area contributed by atoms with Crippen LogP contribution in [0.15, 0.2) is 41.1 Å². The van der Waals surface area contributed by atoms with Crippen LogP contribution in [0, 0.1) is 5.82 Å². The van der Waals surface area contributed by atoms with E-state index in [9.17, 15) is 13.4 Å². The van der Waals surface area contributed by atoms with Crippen LogP contribution in [-0.2, 0) is 15.8 Å². The molecule has 1 amide bonds. The first-order chi connectivity index (χ1) is 11.6. The molecular weight excluding hydrogens is 333 g/mol. The summed E-state index contributed by atoms with van der Waals surface area (Å²) in [6.45, 7) is 1.09. The van der Waals surface area contributed by atoms with Gasteiger partial charge in [0, 0.05) is 31.4 Å². The molecule has 0 aromatic heterocycles. The van der Waals surface area contributed by atoms with Gasteiger partial charge in [0.25, 0.3) is 5.91 Å². The number of benzene rings is 1. The number of rotatable bonds is 3. The Bertz CT molecular complexity index is 696. The molecule has 2 saturated heterocycles. The predicted octanol–water partition coefficient (Wildman–Crippen LogP) is -0.0227. The molecule has 3 heterocycles. The van der Waals surface area contributed by atoms with E-state index < -0.39 is 11.0 Å². The summed E-state index contributed by atoms with van der Waals surface area (Å²) >= 11 is 0. The lowest BCUT2D eigenvalue weighted by molar-refractivity contribution is -0.129. The molecule has 2 bridgehead atoms. The van der Waals surface area contributed by atoms with Crippen LogP contribution >= 0.6 is 0 Å². The maximum Gasteiger partial charge on any atom is 0.273 e. The molecule has 4 rings (SSSR count). The molecular formula is C15H18FN5O2S. The molecule has 0 aliphatic carbocycles. The Balaban J connectivity index is 1.49. The average Bonchev–Trinajstić information content (AvgIpc) is 3.21. The summed E-state index contributed by atoms with van der Waals surface area (Å²) in [5.41, 5.74) is 8.62. The van der Waals surface area contributed by atoms with Crippen LogP contribution in [-0.4, -0.2) is 44.5 Å². The molecule has 128 valence electrons. The Kier molecular flexibility index (Phi) is 3.99. The van der Waals surface area contributed by atoms with Gasteiger partial charge < -0.3 is 10.3 Å². The van der Waals surface area contributed by atoms with E-state index in [1.165, 1.54) is 12.1 Å². The van der Waals surface area contributed by atoms with Gasteiger partial charge in [0.05, 0.1) is 4.90 Å². The zero-order valence-electron chi connectivity index (χ0n) is 12.9. The van der Waals surface area contributed by atoms with Crippen molar-refractivity contribution >= 4 is 16.9 Å². The van der Waals surface area contributed by atoms with Crippen molar-refractivity contribution in [3.63, 3.8) is 0 Å². The monoisotopic (exact) mass is 351 g/mol. The Labute approximate surface area is 141 Å². The summed E-state index contributed by atoms with van der Waals surface area (Å²) in [4.78, 5) is 14.9. The molecule has 0 saturated carbocycles. The van der Waals surface area contributed by atoms with E-state index in [0.29, 0.717) is 23.7 Å². The second kappa shape index (κ2) is 6.15. The molecule has 1 aromatic rings. The number of nitrogens with zero attached hydrogens (tertiary/aromatic N) is 2. The van der Waals surface area contributed by atoms with Gasteiger partial charge >= 0.3 is 0 Å². The number of nitrogens with one attached hydrogen (secondary N) is 3. The van der Waals surface area contributed by atoms with Gasteiger partial charge in [-0.3, -0.25) is 10.2 Å². The summed E-state index contributed by atoms with van der Waals surface area (Å²) in [5, 5.41) is 0. The summed E-state index contributed by atoms with van der Waals surface area (Å²) in [6, 6.07) is 5.89. The van der Waals surface area contributed by atoms with Gasteiger partial charge in [-0.15, -0.1) is 0 Å². The van der Waals surface area contributed by atoms with Crippen molar-refractivity contribution in [1.29, 1.82) is 0 Å². The van der Waals surface area contributed by atoms with E-state index in [2.05, 4.69) is 16.4 Å². The van der Waals surface area contributed by atoms with Gasteiger partial charge in [-0.05, 0) is 37.1 Å². The molecule has 3 aliphatic rings. The third kappa shape index (κ3) is 2.68. The number of amides is 1. The van der Waals surface area contributed by atoms with E-state index in [1.807, 2.05) is 4.31 Å². The number of fused-ring (bicyclic) bond motifs is 2. The van der Waals surface area contributed by atoms with Crippen LogP contribution in [0.5, 0.6) is 0 Å². The highest BCUT2D eigenvalue weighted by atomic mass is 32.2. The Morgan fingerprint density at radius 2 is 1.83 bits per heavy atom. The minimum Gasteiger partial charge on any atom is -0.334 e. The molecule has 3 N–H and O–H groups in total. The largest absolute Gasteiger partial charge is 0.334 e. The third-order valence-electron chi connectivity index (χ3n) is 4.63. The van der Waals surface area contributed by atoms with Crippen LogP contribution in [0.3, 0.4) is 0 Å². The van der Waals surface area contributed by atoms with E-state index in [0.717, 1.165) is 12.8 Å². The lowest BCUT2D eigenvalue weighted by atomic mass is 10.2. The van der Waals surface area contributed by atoms with Crippen LogP contribution in [0.1, 0.15) is 12.8 Å². The van der Waals surface area contributed by atoms with E-state index in [4.69, 9.17) is 0 Å². The molecule has 24 heavy (non-hydrogen) atoms. The number of carbonyl (C=O) groups is 1. The van der Waals surface area contributed by atoms with E-state index in [-0.39, 0.29) is 23.8 Å². The van der Waals surface area contributed by atoms with Crippen molar-refractivity contribution in [3.05, 3.63) is 42.0 Å². The maximum atomic E-state index is 13.1. The van der Waals surface area contributed by atoms with E-state index in [1.54, 1.807) is 23.2 Å². The quantitative estimate of drug-likeness (QED) is 0.713. The number of halogens is 1. The average molecular weight is 351 g/mol. The highest BCUT2D eigenvalue weighted by Crippen LogP contribution is 2.33. The molecule has 0 radical (unpaired) electrons. The summed E-state index contributed by atoms with van der Waals surface area (Å²) in [7, 11) is -1.33. The fourth-order valence-electron chi connectivity index (χ4n) is 3.51. The first kappa shape index (κ1) is 15.6. The SMILES string of the molecule is O=C(C1=CNNN1)N1CC2CCC(C1)N2S(=O)c1ccc(F)cc1. The Hall–Kier alpha value is -1.97. The summed E-state index contributed by atoms with van der Waals surface area (Å²) in [5.74, 6) is -0.412. The lowest BCUT2D eigenvalue weighted by Gasteiger charge is -2.39. The zero-order valence-corrected chi connectivity index (χ0v) is 13.7. The van der Waals surface area contributed by atoms with Crippen LogP contribution in [0.25, 0.3) is 0 Å². The van der Waals surface area contributed by atoms with Crippen molar-refractivity contribution in [3.8, 4) is 0 Å². The smallest absolute Gasteiger partial charge is 0.273 e. The van der Waals surface area contributed by atoms with Crippen molar-refractivity contribution in [2.45, 2.75) is 29.8 Å². The minimum atomic E-state index is -1.33. The molecule has 1 aromatic carbocycles. The predicted molar refractivity (Wildman–Crippen MR) is 85.5 cm³/mol. The number of likely N-dealkylation sites (tertiary alicyclic amines) is 1. The van der Waals surface area contributed by atoms with Gasteiger partial charge in [-0.2, -0.15) is 5.53 Å². The first-order valence-electron chi connectivity index (χ1n) is 7.85. The van der Waals surface area contributed by atoms with Gasteiger partial charge in [0.15, 0.2) is 0 Å². The van der Waals surface area contributed by atoms with Gasteiger partial charge in [-0.1, -0.05) is 0 Å². The zero-order chi connectivity index (χ0) is 16.7. The molecule has 3 unspecified atom stereocenters.